The smallest absolute Gasteiger partial charge is 0.187 e. The van der Waals surface area contributed by atoms with Crippen molar-refractivity contribution in [3.05, 3.63) is 23.0 Å². The van der Waals surface area contributed by atoms with E-state index in [0.717, 1.165) is 25.7 Å². The molecule has 0 aromatic heterocycles. The van der Waals surface area contributed by atoms with Gasteiger partial charge in [0.05, 0.1) is 13.2 Å². The van der Waals surface area contributed by atoms with Crippen LogP contribution in [-0.4, -0.2) is 13.2 Å². The van der Waals surface area contributed by atoms with Crippen molar-refractivity contribution in [2.24, 2.45) is 0 Å². The Morgan fingerprint density at radius 3 is 2.20 bits per heavy atom. The largest absolute Gasteiger partial charge is 0.492 e. The second-order valence-corrected chi connectivity index (χ2v) is 5.18. The molecule has 0 amide bonds. The lowest BCUT2D eigenvalue weighted by molar-refractivity contribution is 0.284. The van der Waals surface area contributed by atoms with Crippen molar-refractivity contribution in [2.45, 2.75) is 52.4 Å². The minimum absolute atomic E-state index is 0.00663. The van der Waals surface area contributed by atoms with Gasteiger partial charge in [-0.25, -0.2) is 4.39 Å². The summed E-state index contributed by atoms with van der Waals surface area (Å²) in [6, 6.07) is 3.25. The van der Waals surface area contributed by atoms with Crippen molar-refractivity contribution in [1.82, 2.24) is 0 Å². The van der Waals surface area contributed by atoms with Crippen LogP contribution in [0.2, 0.25) is 5.02 Å². The fourth-order valence-corrected chi connectivity index (χ4v) is 1.99. The van der Waals surface area contributed by atoms with Gasteiger partial charge in [-0.05, 0) is 25.0 Å². The molecule has 0 aliphatic carbocycles. The highest BCUT2D eigenvalue weighted by atomic mass is 35.5. The molecule has 2 nitrogen and oxygen atoms in total. The van der Waals surface area contributed by atoms with Crippen molar-refractivity contribution in [2.75, 3.05) is 13.2 Å². The topological polar surface area (TPSA) is 18.5 Å². The number of ether oxygens (including phenoxy) is 2. The van der Waals surface area contributed by atoms with Gasteiger partial charge in [0.15, 0.2) is 11.6 Å². The molecule has 0 aliphatic heterocycles. The number of hydrogen-bond acceptors (Lipinski definition) is 2. The molecule has 0 saturated heterocycles. The predicted octanol–water partition coefficient (Wildman–Crippen LogP) is 5.62. The number of benzene rings is 1. The monoisotopic (exact) mass is 302 g/mol. The van der Waals surface area contributed by atoms with E-state index >= 15 is 0 Å². The molecule has 114 valence electrons. The maximum absolute atomic E-state index is 14.0. The summed E-state index contributed by atoms with van der Waals surface area (Å²) in [5.41, 5.74) is 0. The first-order valence-corrected chi connectivity index (χ1v) is 7.82. The Hall–Kier alpha value is -0.960. The van der Waals surface area contributed by atoms with E-state index in [2.05, 4.69) is 13.8 Å². The van der Waals surface area contributed by atoms with Crippen LogP contribution in [0.4, 0.5) is 4.39 Å². The van der Waals surface area contributed by atoms with E-state index in [4.69, 9.17) is 21.1 Å². The predicted molar refractivity (Wildman–Crippen MR) is 81.5 cm³/mol. The van der Waals surface area contributed by atoms with Crippen LogP contribution in [0.15, 0.2) is 12.1 Å². The van der Waals surface area contributed by atoms with Crippen molar-refractivity contribution in [1.29, 1.82) is 0 Å². The first-order valence-electron chi connectivity index (χ1n) is 7.44. The number of hydrogen-bond donors (Lipinski definition) is 0. The molecule has 4 heteroatoms. The molecule has 1 aromatic rings. The first-order chi connectivity index (χ1) is 9.70. The van der Waals surface area contributed by atoms with Crippen LogP contribution in [0, 0.1) is 5.82 Å². The molecule has 0 N–H and O–H groups in total. The highest BCUT2D eigenvalue weighted by Crippen LogP contribution is 2.33. The summed E-state index contributed by atoms with van der Waals surface area (Å²) in [6.45, 7) is 5.29. The van der Waals surface area contributed by atoms with Gasteiger partial charge in [0.25, 0.3) is 0 Å². The normalized spacial score (nSPS) is 10.6. The standard InChI is InChI=1S/C16H24ClFO2/c1-3-5-7-8-12-20-14-10-9-13(15(17)16(14)18)19-11-6-4-2/h9-10H,3-8,11-12H2,1-2H3. The van der Waals surface area contributed by atoms with E-state index in [1.165, 1.54) is 12.8 Å². The van der Waals surface area contributed by atoms with Gasteiger partial charge in [-0.2, -0.15) is 0 Å². The molecule has 0 saturated carbocycles. The van der Waals surface area contributed by atoms with Gasteiger partial charge >= 0.3 is 0 Å². The summed E-state index contributed by atoms with van der Waals surface area (Å²) in [7, 11) is 0. The SMILES string of the molecule is CCCCCCOc1ccc(OCCCC)c(Cl)c1F. The van der Waals surface area contributed by atoms with E-state index < -0.39 is 5.82 Å². The number of halogens is 2. The summed E-state index contributed by atoms with van der Waals surface area (Å²) in [5.74, 6) is 0.0569. The highest BCUT2D eigenvalue weighted by Gasteiger charge is 2.13. The van der Waals surface area contributed by atoms with Gasteiger partial charge in [-0.15, -0.1) is 0 Å². The van der Waals surface area contributed by atoms with Gasteiger partial charge in [0, 0.05) is 0 Å². The van der Waals surface area contributed by atoms with E-state index in [1.807, 2.05) is 0 Å². The first kappa shape index (κ1) is 17.1. The van der Waals surface area contributed by atoms with Crippen LogP contribution in [0.1, 0.15) is 52.4 Å². The average Bonchev–Trinajstić information content (AvgIpc) is 2.45. The Morgan fingerprint density at radius 1 is 0.900 bits per heavy atom. The van der Waals surface area contributed by atoms with Crippen molar-refractivity contribution >= 4 is 11.6 Å². The molecule has 0 fully saturated rings. The Morgan fingerprint density at radius 2 is 1.50 bits per heavy atom. The van der Waals surface area contributed by atoms with E-state index in [0.29, 0.717) is 19.0 Å². The lowest BCUT2D eigenvalue weighted by atomic mass is 10.2. The van der Waals surface area contributed by atoms with Gasteiger partial charge < -0.3 is 9.47 Å². The molecule has 20 heavy (non-hydrogen) atoms. The molecular formula is C16H24ClFO2. The van der Waals surface area contributed by atoms with E-state index in [-0.39, 0.29) is 10.8 Å². The van der Waals surface area contributed by atoms with Crippen molar-refractivity contribution in [3.8, 4) is 11.5 Å². The molecule has 0 spiro atoms. The zero-order valence-corrected chi connectivity index (χ0v) is 13.1. The Labute approximate surface area is 126 Å². The second kappa shape index (κ2) is 9.87. The van der Waals surface area contributed by atoms with Crippen LogP contribution in [0.25, 0.3) is 0 Å². The van der Waals surface area contributed by atoms with Crippen LogP contribution in [0.5, 0.6) is 11.5 Å². The zero-order chi connectivity index (χ0) is 14.8. The maximum Gasteiger partial charge on any atom is 0.187 e. The molecule has 1 aromatic carbocycles. The molecule has 0 atom stereocenters. The van der Waals surface area contributed by atoms with Crippen LogP contribution in [-0.2, 0) is 0 Å². The van der Waals surface area contributed by atoms with Crippen molar-refractivity contribution < 1.29 is 13.9 Å². The molecule has 0 bridgehead atoms. The summed E-state index contributed by atoms with van der Waals surface area (Å²) in [5, 5.41) is 0.00663. The summed E-state index contributed by atoms with van der Waals surface area (Å²) in [4.78, 5) is 0. The van der Waals surface area contributed by atoms with Gasteiger partial charge in [0.2, 0.25) is 0 Å². The fourth-order valence-electron chi connectivity index (χ4n) is 1.77. The third kappa shape index (κ3) is 5.58. The Bertz CT molecular complexity index is 396. The third-order valence-electron chi connectivity index (χ3n) is 3.02. The van der Waals surface area contributed by atoms with Crippen LogP contribution >= 0.6 is 11.6 Å². The summed E-state index contributed by atoms with van der Waals surface area (Å²) >= 11 is 5.96. The molecular weight excluding hydrogens is 279 g/mol. The van der Waals surface area contributed by atoms with Crippen molar-refractivity contribution in [3.63, 3.8) is 0 Å². The summed E-state index contributed by atoms with van der Waals surface area (Å²) in [6.07, 6.45) is 6.33. The van der Waals surface area contributed by atoms with Gasteiger partial charge in [-0.1, -0.05) is 51.1 Å². The number of rotatable bonds is 10. The quantitative estimate of drug-likeness (QED) is 0.522. The third-order valence-corrected chi connectivity index (χ3v) is 3.37. The maximum atomic E-state index is 14.0. The molecule has 0 heterocycles. The summed E-state index contributed by atoms with van der Waals surface area (Å²) < 4.78 is 24.9. The fraction of sp³-hybridized carbons (Fsp3) is 0.625. The van der Waals surface area contributed by atoms with Crippen LogP contribution < -0.4 is 9.47 Å². The second-order valence-electron chi connectivity index (χ2n) is 4.80. The van der Waals surface area contributed by atoms with E-state index in [1.54, 1.807) is 12.1 Å². The molecule has 0 aliphatic rings. The minimum atomic E-state index is -0.531. The van der Waals surface area contributed by atoms with E-state index in [9.17, 15) is 4.39 Å². The highest BCUT2D eigenvalue weighted by molar-refractivity contribution is 6.32. The average molecular weight is 303 g/mol. The van der Waals surface area contributed by atoms with Crippen LogP contribution in [0.3, 0.4) is 0 Å². The number of unbranched alkanes of at least 4 members (excludes halogenated alkanes) is 4. The Kier molecular flexibility index (Phi) is 8.43. The zero-order valence-electron chi connectivity index (χ0n) is 12.4. The lowest BCUT2D eigenvalue weighted by Gasteiger charge is -2.12. The lowest BCUT2D eigenvalue weighted by Crippen LogP contribution is -2.02. The molecule has 1 rings (SSSR count). The molecule has 0 radical (unpaired) electrons. The van der Waals surface area contributed by atoms with Gasteiger partial charge in [-0.3, -0.25) is 0 Å². The minimum Gasteiger partial charge on any atom is -0.492 e. The van der Waals surface area contributed by atoms with Gasteiger partial charge in [0.1, 0.15) is 10.8 Å². The molecule has 0 unspecified atom stereocenters. The Balaban J connectivity index is 2.50.